The maximum atomic E-state index is 13.0. The van der Waals surface area contributed by atoms with Crippen LogP contribution in [0.5, 0.6) is 0 Å². The van der Waals surface area contributed by atoms with Crippen molar-refractivity contribution in [2.45, 2.75) is 18.9 Å². The Hall–Kier alpha value is -2.36. The van der Waals surface area contributed by atoms with Gasteiger partial charge in [0.15, 0.2) is 0 Å². The van der Waals surface area contributed by atoms with Gasteiger partial charge in [0.25, 0.3) is 5.91 Å². The molecule has 2 nitrogen and oxygen atoms in total. The number of nitrogens with one attached hydrogen (secondary N) is 1. The first-order valence-corrected chi connectivity index (χ1v) is 9.40. The Morgan fingerprint density at radius 2 is 1.63 bits per heavy atom. The number of halogens is 3. The number of hydrogen-bond acceptors (Lipinski definition) is 1. The Morgan fingerprint density at radius 3 is 2.41 bits per heavy atom. The highest BCUT2D eigenvalue weighted by atomic mass is 35.5. The largest absolute Gasteiger partial charge is 0.349 e. The van der Waals surface area contributed by atoms with Crippen LogP contribution in [0.25, 0.3) is 11.1 Å². The Balaban J connectivity index is 1.58. The van der Waals surface area contributed by atoms with E-state index in [9.17, 15) is 9.18 Å². The third-order valence-electron chi connectivity index (χ3n) is 4.87. The second-order valence-electron chi connectivity index (χ2n) is 6.63. The van der Waals surface area contributed by atoms with E-state index in [1.54, 1.807) is 6.07 Å². The van der Waals surface area contributed by atoms with Gasteiger partial charge in [-0.05, 0) is 59.9 Å². The standard InChI is InChI=1S/C22H16Cl2FNO/c23-20-6-2-5-18(21(20)24)17-4-1-3-14-11-16(12-19(14)17)26-22(27)13-7-9-15(25)10-8-13/h1-10,16H,11-12H2,(H,26,27). The minimum absolute atomic E-state index is 0.0170. The first-order chi connectivity index (χ1) is 13.0. The second kappa shape index (κ2) is 7.34. The molecule has 1 atom stereocenters. The van der Waals surface area contributed by atoms with Crippen LogP contribution in [0.4, 0.5) is 4.39 Å². The molecule has 0 saturated carbocycles. The minimum atomic E-state index is -0.358. The molecule has 1 aliphatic rings. The third kappa shape index (κ3) is 3.58. The molecule has 1 N–H and O–H groups in total. The fourth-order valence-electron chi connectivity index (χ4n) is 3.59. The van der Waals surface area contributed by atoms with E-state index < -0.39 is 0 Å². The van der Waals surface area contributed by atoms with Crippen molar-refractivity contribution in [2.75, 3.05) is 0 Å². The number of carbonyl (C=O) groups is 1. The van der Waals surface area contributed by atoms with Gasteiger partial charge >= 0.3 is 0 Å². The van der Waals surface area contributed by atoms with E-state index in [-0.39, 0.29) is 17.8 Å². The lowest BCUT2D eigenvalue weighted by Crippen LogP contribution is -2.35. The van der Waals surface area contributed by atoms with Gasteiger partial charge in [-0.3, -0.25) is 4.79 Å². The maximum absolute atomic E-state index is 13.0. The van der Waals surface area contributed by atoms with Crippen LogP contribution >= 0.6 is 23.2 Å². The van der Waals surface area contributed by atoms with Gasteiger partial charge in [-0.25, -0.2) is 4.39 Å². The molecule has 0 saturated heterocycles. The van der Waals surface area contributed by atoms with Gasteiger partial charge in [0, 0.05) is 17.2 Å². The van der Waals surface area contributed by atoms with Crippen LogP contribution in [0.3, 0.4) is 0 Å². The summed E-state index contributed by atoms with van der Waals surface area (Å²) in [6, 6.07) is 17.2. The summed E-state index contributed by atoms with van der Waals surface area (Å²) in [5, 5.41) is 4.10. The van der Waals surface area contributed by atoms with Gasteiger partial charge in [0.2, 0.25) is 0 Å². The number of carbonyl (C=O) groups excluding carboxylic acids is 1. The lowest BCUT2D eigenvalue weighted by atomic mass is 9.97. The molecule has 0 spiro atoms. The molecule has 0 fully saturated rings. The number of amides is 1. The van der Waals surface area contributed by atoms with Crippen molar-refractivity contribution >= 4 is 29.1 Å². The first kappa shape index (κ1) is 18.0. The number of hydrogen-bond donors (Lipinski definition) is 1. The summed E-state index contributed by atoms with van der Waals surface area (Å²) >= 11 is 12.6. The van der Waals surface area contributed by atoms with E-state index >= 15 is 0 Å². The predicted octanol–water partition coefficient (Wildman–Crippen LogP) is 5.70. The zero-order chi connectivity index (χ0) is 19.0. The van der Waals surface area contributed by atoms with E-state index in [2.05, 4.69) is 11.4 Å². The van der Waals surface area contributed by atoms with Gasteiger partial charge in [-0.15, -0.1) is 0 Å². The average molecular weight is 400 g/mol. The summed E-state index contributed by atoms with van der Waals surface area (Å²) in [6.45, 7) is 0. The highest BCUT2D eigenvalue weighted by molar-refractivity contribution is 6.43. The molecule has 1 unspecified atom stereocenters. The van der Waals surface area contributed by atoms with Crippen LogP contribution in [-0.2, 0) is 12.8 Å². The third-order valence-corrected chi connectivity index (χ3v) is 5.69. The van der Waals surface area contributed by atoms with Crippen molar-refractivity contribution in [2.24, 2.45) is 0 Å². The molecule has 0 aliphatic heterocycles. The SMILES string of the molecule is O=C(NC1Cc2cccc(-c3cccc(Cl)c3Cl)c2C1)c1ccc(F)cc1. The van der Waals surface area contributed by atoms with Crippen LogP contribution in [0.15, 0.2) is 60.7 Å². The van der Waals surface area contributed by atoms with Crippen LogP contribution in [0.1, 0.15) is 21.5 Å². The van der Waals surface area contributed by atoms with E-state index in [1.165, 1.54) is 35.4 Å². The van der Waals surface area contributed by atoms with Gasteiger partial charge in [-0.1, -0.05) is 53.5 Å². The average Bonchev–Trinajstić information content (AvgIpc) is 3.07. The van der Waals surface area contributed by atoms with E-state index in [0.29, 0.717) is 22.0 Å². The topological polar surface area (TPSA) is 29.1 Å². The van der Waals surface area contributed by atoms with Crippen LogP contribution in [0, 0.1) is 5.82 Å². The molecular weight excluding hydrogens is 384 g/mol. The first-order valence-electron chi connectivity index (χ1n) is 8.64. The molecule has 3 aromatic rings. The van der Waals surface area contributed by atoms with Crippen LogP contribution in [-0.4, -0.2) is 11.9 Å². The molecule has 0 bridgehead atoms. The fourth-order valence-corrected chi connectivity index (χ4v) is 3.99. The predicted molar refractivity (Wildman–Crippen MR) is 107 cm³/mol. The zero-order valence-corrected chi connectivity index (χ0v) is 15.8. The highest BCUT2D eigenvalue weighted by Crippen LogP contribution is 2.38. The number of rotatable bonds is 3. The molecular formula is C22H16Cl2FNO. The summed E-state index contributed by atoms with van der Waals surface area (Å²) in [5.41, 5.74) is 4.74. The summed E-state index contributed by atoms with van der Waals surface area (Å²) in [7, 11) is 0. The van der Waals surface area contributed by atoms with Crippen molar-refractivity contribution in [3.63, 3.8) is 0 Å². The van der Waals surface area contributed by atoms with Crippen molar-refractivity contribution in [1.82, 2.24) is 5.32 Å². The summed E-state index contributed by atoms with van der Waals surface area (Å²) < 4.78 is 13.0. The number of fused-ring (bicyclic) bond motifs is 1. The van der Waals surface area contributed by atoms with Gasteiger partial charge in [0.05, 0.1) is 10.0 Å². The summed E-state index contributed by atoms with van der Waals surface area (Å²) in [4.78, 5) is 12.4. The monoisotopic (exact) mass is 399 g/mol. The fraction of sp³-hybridized carbons (Fsp3) is 0.136. The molecule has 3 aromatic carbocycles. The molecule has 27 heavy (non-hydrogen) atoms. The lowest BCUT2D eigenvalue weighted by molar-refractivity contribution is 0.0938. The number of benzene rings is 3. The summed E-state index contributed by atoms with van der Waals surface area (Å²) in [6.07, 6.45) is 1.45. The molecule has 0 heterocycles. The Morgan fingerprint density at radius 1 is 0.926 bits per heavy atom. The van der Waals surface area contributed by atoms with Crippen molar-refractivity contribution in [3.8, 4) is 11.1 Å². The molecule has 1 amide bonds. The minimum Gasteiger partial charge on any atom is -0.349 e. The molecule has 0 aromatic heterocycles. The quantitative estimate of drug-likeness (QED) is 0.601. The van der Waals surface area contributed by atoms with E-state index in [4.69, 9.17) is 23.2 Å². The van der Waals surface area contributed by atoms with Gasteiger partial charge < -0.3 is 5.32 Å². The molecule has 1 aliphatic carbocycles. The highest BCUT2D eigenvalue weighted by Gasteiger charge is 2.26. The molecule has 4 rings (SSSR count). The van der Waals surface area contributed by atoms with Gasteiger partial charge in [-0.2, -0.15) is 0 Å². The smallest absolute Gasteiger partial charge is 0.251 e. The van der Waals surface area contributed by atoms with E-state index in [1.807, 2.05) is 24.3 Å². The Bertz CT molecular complexity index is 1020. The van der Waals surface area contributed by atoms with E-state index in [0.717, 1.165) is 17.5 Å². The Kier molecular flexibility index (Phi) is 4.90. The molecule has 136 valence electrons. The van der Waals surface area contributed by atoms with Gasteiger partial charge in [0.1, 0.15) is 5.82 Å². The zero-order valence-electron chi connectivity index (χ0n) is 14.3. The normalized spacial score (nSPS) is 15.4. The van der Waals surface area contributed by atoms with Crippen molar-refractivity contribution < 1.29 is 9.18 Å². The maximum Gasteiger partial charge on any atom is 0.251 e. The Labute approximate surface area is 166 Å². The van der Waals surface area contributed by atoms with Crippen molar-refractivity contribution in [1.29, 1.82) is 0 Å². The second-order valence-corrected chi connectivity index (χ2v) is 7.42. The van der Waals surface area contributed by atoms with Crippen LogP contribution < -0.4 is 5.32 Å². The molecule has 5 heteroatoms. The van der Waals surface area contributed by atoms with Crippen LogP contribution in [0.2, 0.25) is 10.0 Å². The lowest BCUT2D eigenvalue weighted by Gasteiger charge is -2.13. The van der Waals surface area contributed by atoms with Crippen molar-refractivity contribution in [3.05, 3.63) is 93.2 Å². The summed E-state index contributed by atoms with van der Waals surface area (Å²) in [5.74, 6) is -0.557. The molecule has 0 radical (unpaired) electrons.